The number of ether oxygens (including phenoxy) is 3. The third-order valence-corrected chi connectivity index (χ3v) is 17.2. The number of benzene rings is 3. The Kier molecular flexibility index (Phi) is 16.2. The molecule has 3 heterocycles. The molecule has 330 valence electrons. The molecule has 0 saturated heterocycles. The van der Waals surface area contributed by atoms with Gasteiger partial charge in [0, 0.05) is 62.9 Å². The van der Waals surface area contributed by atoms with E-state index in [0.717, 1.165) is 119 Å². The zero-order chi connectivity index (χ0) is 44.6. The Balaban J connectivity index is 0.000000142. The highest BCUT2D eigenvalue weighted by molar-refractivity contribution is 9.11. The number of pyridine rings is 3. The van der Waals surface area contributed by atoms with Gasteiger partial charge in [-0.05, 0) is 132 Å². The van der Waals surface area contributed by atoms with Gasteiger partial charge in [-0.3, -0.25) is 29.3 Å². The van der Waals surface area contributed by atoms with E-state index in [0.29, 0.717) is 19.8 Å². The van der Waals surface area contributed by atoms with Gasteiger partial charge in [0.25, 0.3) is 0 Å². The van der Waals surface area contributed by atoms with E-state index in [4.69, 9.17) is 14.2 Å². The van der Waals surface area contributed by atoms with Gasteiger partial charge < -0.3 is 14.2 Å². The van der Waals surface area contributed by atoms with Crippen LogP contribution in [0.3, 0.4) is 0 Å². The van der Waals surface area contributed by atoms with Crippen LogP contribution in [0.2, 0.25) is 0 Å². The number of aromatic nitrogens is 3. The summed E-state index contributed by atoms with van der Waals surface area (Å²) in [5, 5.41) is 3.24. The van der Waals surface area contributed by atoms with Crippen molar-refractivity contribution in [2.75, 3.05) is 19.8 Å². The maximum atomic E-state index is 12.5. The van der Waals surface area contributed by atoms with Crippen LogP contribution in [0.15, 0.2) is 119 Å². The molecule has 15 heteroatoms. The Morgan fingerprint density at radius 2 is 0.841 bits per heavy atom. The van der Waals surface area contributed by atoms with Gasteiger partial charge in [-0.2, -0.15) is 0 Å². The minimum absolute atomic E-state index is 0.0718. The standard InChI is InChI=1S/C17H18BrNO2S.C16H16BrNO2S.C15H14BrNO2S/c1-2-21-16(20)17(8-3-4-9-17)22-15-7-10-19-14-6-5-12(18)11-13(14)15;1-2-20-15(19)16(7-3-8-16)21-14-6-9-18-13-10-11(17)4-5-12(13)14;1-2-19-14(18)15(6-7-15)20-13-5-8-17-12-4-3-10(16)9-11(12)13/h5-7,10-11H,2-4,8-9H2,1H3;4-6,9-10H,2-3,7-8H2,1H3;3-5,8-9H,2,6-7H2,1H3. The van der Waals surface area contributed by atoms with Gasteiger partial charge in [0.05, 0.1) is 36.4 Å². The fourth-order valence-corrected chi connectivity index (χ4v) is 12.8. The third-order valence-electron chi connectivity index (χ3n) is 11.1. The lowest BCUT2D eigenvalue weighted by Crippen LogP contribution is -2.43. The van der Waals surface area contributed by atoms with Gasteiger partial charge in [0.1, 0.15) is 14.2 Å². The molecule has 0 spiro atoms. The summed E-state index contributed by atoms with van der Waals surface area (Å²) >= 11 is 15.4. The molecule has 3 aromatic heterocycles. The monoisotopic (exact) mass is 1100 g/mol. The maximum Gasteiger partial charge on any atom is 0.322 e. The fraction of sp³-hybridized carbons (Fsp3) is 0.375. The van der Waals surface area contributed by atoms with Gasteiger partial charge in [-0.15, -0.1) is 35.3 Å². The van der Waals surface area contributed by atoms with Crippen molar-refractivity contribution in [3.63, 3.8) is 0 Å². The summed E-state index contributed by atoms with van der Waals surface area (Å²) in [6.45, 7) is 6.87. The number of hydrogen-bond acceptors (Lipinski definition) is 12. The van der Waals surface area contributed by atoms with Crippen molar-refractivity contribution in [1.82, 2.24) is 15.0 Å². The molecule has 3 aliphatic rings. The molecule has 3 fully saturated rings. The van der Waals surface area contributed by atoms with Crippen LogP contribution in [0, 0.1) is 0 Å². The van der Waals surface area contributed by atoms with Crippen LogP contribution >= 0.6 is 83.1 Å². The number of carbonyl (C=O) groups is 3. The molecule has 3 aliphatic carbocycles. The summed E-state index contributed by atoms with van der Waals surface area (Å²) in [6.07, 6.45) is 14.0. The van der Waals surface area contributed by atoms with E-state index in [1.165, 1.54) is 0 Å². The second-order valence-corrected chi connectivity index (χ2v) is 22.4. The van der Waals surface area contributed by atoms with Crippen LogP contribution in [-0.2, 0) is 28.6 Å². The predicted molar refractivity (Wildman–Crippen MR) is 266 cm³/mol. The third kappa shape index (κ3) is 11.3. The number of esters is 3. The zero-order valence-electron chi connectivity index (χ0n) is 35.3. The van der Waals surface area contributed by atoms with Crippen molar-refractivity contribution in [3.05, 3.63) is 105 Å². The van der Waals surface area contributed by atoms with Gasteiger partial charge in [0.15, 0.2) is 0 Å². The smallest absolute Gasteiger partial charge is 0.322 e. The number of carbonyl (C=O) groups excluding carboxylic acids is 3. The Morgan fingerprint density at radius 3 is 1.24 bits per heavy atom. The molecule has 0 aliphatic heterocycles. The minimum atomic E-state index is -0.438. The van der Waals surface area contributed by atoms with E-state index in [1.54, 1.807) is 47.7 Å². The average molecular weight is 1100 g/mol. The van der Waals surface area contributed by atoms with Gasteiger partial charge in [0.2, 0.25) is 0 Å². The zero-order valence-corrected chi connectivity index (χ0v) is 42.5. The number of fused-ring (bicyclic) bond motifs is 3. The molecule has 3 aromatic carbocycles. The number of thioether (sulfide) groups is 3. The van der Waals surface area contributed by atoms with Crippen molar-refractivity contribution in [1.29, 1.82) is 0 Å². The van der Waals surface area contributed by atoms with E-state index in [-0.39, 0.29) is 22.7 Å². The largest absolute Gasteiger partial charge is 0.465 e. The Hall–Kier alpha value is -3.21. The predicted octanol–water partition coefficient (Wildman–Crippen LogP) is 13.7. The molecule has 6 aromatic rings. The molecular weight excluding hydrogens is 1050 g/mol. The highest BCUT2D eigenvalue weighted by atomic mass is 79.9. The van der Waals surface area contributed by atoms with E-state index >= 15 is 0 Å². The van der Waals surface area contributed by atoms with Crippen molar-refractivity contribution in [3.8, 4) is 0 Å². The molecule has 0 atom stereocenters. The van der Waals surface area contributed by atoms with Crippen molar-refractivity contribution in [2.24, 2.45) is 0 Å². The quantitative estimate of drug-likeness (QED) is 0.0858. The molecule has 0 unspecified atom stereocenters. The lowest BCUT2D eigenvalue weighted by molar-refractivity contribution is -0.148. The summed E-state index contributed by atoms with van der Waals surface area (Å²) in [5.74, 6) is -0.245. The number of halogens is 3. The van der Waals surface area contributed by atoms with Crippen molar-refractivity contribution in [2.45, 2.75) is 107 Å². The van der Waals surface area contributed by atoms with Gasteiger partial charge >= 0.3 is 17.9 Å². The van der Waals surface area contributed by atoms with Crippen LogP contribution < -0.4 is 0 Å². The fourth-order valence-electron chi connectivity index (χ4n) is 7.57. The van der Waals surface area contributed by atoms with Crippen LogP contribution in [0.4, 0.5) is 0 Å². The average Bonchev–Trinajstić information content (AvgIpc) is 3.89. The van der Waals surface area contributed by atoms with Crippen molar-refractivity contribution >= 4 is 134 Å². The van der Waals surface area contributed by atoms with Crippen LogP contribution in [0.5, 0.6) is 0 Å². The summed E-state index contributed by atoms with van der Waals surface area (Å²) < 4.78 is 17.6. The molecule has 9 rings (SSSR count). The molecule has 0 N–H and O–H groups in total. The first-order valence-corrected chi connectivity index (χ1v) is 26.0. The second-order valence-electron chi connectivity index (χ2n) is 15.4. The molecule has 3 saturated carbocycles. The van der Waals surface area contributed by atoms with E-state index in [9.17, 15) is 14.4 Å². The highest BCUT2D eigenvalue weighted by Crippen LogP contribution is 2.54. The molecular formula is C48H48Br3N3O6S3. The SMILES string of the molecule is CCOC(=O)C1(Sc2ccnc3cc(Br)ccc23)CCC1.CCOC(=O)C1(Sc2ccnc3ccc(Br)cc23)CC1.CCOC(=O)C1(Sc2ccnc3ccc(Br)cc23)CCCC1. The molecule has 0 radical (unpaired) electrons. The summed E-state index contributed by atoms with van der Waals surface area (Å²) in [5.41, 5.74) is 2.83. The molecule has 0 bridgehead atoms. The second kappa shape index (κ2) is 21.4. The molecule has 9 nitrogen and oxygen atoms in total. The topological polar surface area (TPSA) is 118 Å². The Bertz CT molecular complexity index is 2620. The summed E-state index contributed by atoms with van der Waals surface area (Å²) in [4.78, 5) is 53.3. The minimum Gasteiger partial charge on any atom is -0.465 e. The van der Waals surface area contributed by atoms with Crippen LogP contribution in [0.1, 0.15) is 78.6 Å². The van der Waals surface area contributed by atoms with E-state index < -0.39 is 9.49 Å². The lowest BCUT2D eigenvalue weighted by atomic mass is 9.84. The summed E-state index contributed by atoms with van der Waals surface area (Å²) in [6, 6.07) is 24.1. The number of hydrogen-bond donors (Lipinski definition) is 0. The first kappa shape index (κ1) is 47.7. The molecule has 0 amide bonds. The van der Waals surface area contributed by atoms with Crippen molar-refractivity contribution < 1.29 is 28.6 Å². The van der Waals surface area contributed by atoms with Crippen LogP contribution in [-0.4, -0.2) is 66.9 Å². The normalized spacial score (nSPS) is 16.5. The first-order chi connectivity index (χ1) is 30.4. The number of nitrogens with zero attached hydrogens (tertiary/aromatic N) is 3. The highest BCUT2D eigenvalue weighted by Gasteiger charge is 2.53. The lowest BCUT2D eigenvalue weighted by Gasteiger charge is -2.38. The Morgan fingerprint density at radius 1 is 0.476 bits per heavy atom. The Labute approximate surface area is 406 Å². The maximum absolute atomic E-state index is 12.5. The summed E-state index contributed by atoms with van der Waals surface area (Å²) in [7, 11) is 0. The van der Waals surface area contributed by atoms with Gasteiger partial charge in [-0.1, -0.05) is 66.7 Å². The van der Waals surface area contributed by atoms with E-state index in [2.05, 4.69) is 68.8 Å². The first-order valence-electron chi connectivity index (χ1n) is 21.2. The van der Waals surface area contributed by atoms with Gasteiger partial charge in [-0.25, -0.2) is 0 Å². The number of rotatable bonds is 12. The molecule has 63 heavy (non-hydrogen) atoms. The van der Waals surface area contributed by atoms with Crippen LogP contribution in [0.25, 0.3) is 32.7 Å². The van der Waals surface area contributed by atoms with E-state index in [1.807, 2.05) is 93.7 Å².